The van der Waals surface area contributed by atoms with Crippen LogP contribution in [0.15, 0.2) is 78.9 Å². The quantitative estimate of drug-likeness (QED) is 0.154. The van der Waals surface area contributed by atoms with Crippen LogP contribution in [-0.4, -0.2) is 45.1 Å². The summed E-state index contributed by atoms with van der Waals surface area (Å²) in [5.41, 5.74) is 2.00. The molecule has 2 unspecified atom stereocenters. The summed E-state index contributed by atoms with van der Waals surface area (Å²) in [6, 6.07) is 23.8. The Labute approximate surface area is 258 Å². The molecule has 0 bridgehead atoms. The Morgan fingerprint density at radius 2 is 1.67 bits per heavy atom. The molecule has 1 aromatic heterocycles. The van der Waals surface area contributed by atoms with Gasteiger partial charge in [-0.2, -0.15) is 8.75 Å². The van der Waals surface area contributed by atoms with Gasteiger partial charge in [-0.25, -0.2) is 8.51 Å². The molecule has 2 atom stereocenters. The van der Waals surface area contributed by atoms with Crippen molar-refractivity contribution in [3.8, 4) is 0 Å². The third-order valence-electron chi connectivity index (χ3n) is 6.91. The zero-order valence-electron chi connectivity index (χ0n) is 23.8. The van der Waals surface area contributed by atoms with Gasteiger partial charge in [0.05, 0.1) is 28.6 Å². The van der Waals surface area contributed by atoms with Crippen molar-refractivity contribution in [1.82, 2.24) is 13.6 Å². The predicted molar refractivity (Wildman–Crippen MR) is 169 cm³/mol. The Morgan fingerprint density at radius 3 is 2.29 bits per heavy atom. The Bertz CT molecular complexity index is 1500. The Morgan fingerprint density at radius 1 is 1.02 bits per heavy atom. The SMILES string of the molecule is CC(CCCC(C)(C)O)N(Cc1ccccc1)C(=O)c1ccc(Cl)cc1N(c1nsnc1Cc1ccccc1)S(=O)O. The van der Waals surface area contributed by atoms with Crippen LogP contribution < -0.4 is 4.31 Å². The zero-order valence-corrected chi connectivity index (χ0v) is 26.2. The summed E-state index contributed by atoms with van der Waals surface area (Å²) >= 11 is 4.74. The van der Waals surface area contributed by atoms with Gasteiger partial charge in [0.25, 0.3) is 17.2 Å². The van der Waals surface area contributed by atoms with Gasteiger partial charge in [0, 0.05) is 24.0 Å². The molecular weight excluding hydrogens is 592 g/mol. The maximum atomic E-state index is 14.3. The minimum Gasteiger partial charge on any atom is -0.390 e. The van der Waals surface area contributed by atoms with Crippen molar-refractivity contribution in [2.45, 2.75) is 64.6 Å². The summed E-state index contributed by atoms with van der Waals surface area (Å²) in [6.45, 7) is 5.86. The van der Waals surface area contributed by atoms with Gasteiger partial charge in [-0.15, -0.1) is 0 Å². The van der Waals surface area contributed by atoms with E-state index in [1.54, 1.807) is 30.9 Å². The molecule has 3 aromatic carbocycles. The first-order valence-electron chi connectivity index (χ1n) is 13.7. The van der Waals surface area contributed by atoms with Gasteiger partial charge in [-0.05, 0) is 69.4 Å². The maximum absolute atomic E-state index is 14.3. The second kappa shape index (κ2) is 14.3. The van der Waals surface area contributed by atoms with E-state index in [0.717, 1.165) is 33.6 Å². The lowest BCUT2D eigenvalue weighted by molar-refractivity contribution is 0.0589. The molecule has 1 amide bonds. The van der Waals surface area contributed by atoms with Crippen molar-refractivity contribution in [1.29, 1.82) is 0 Å². The fraction of sp³-hybridized carbons (Fsp3) is 0.323. The number of benzene rings is 3. The van der Waals surface area contributed by atoms with E-state index in [1.807, 2.05) is 67.6 Å². The number of carbonyl (C=O) groups is 1. The number of hydrogen-bond donors (Lipinski definition) is 2. The van der Waals surface area contributed by atoms with Gasteiger partial charge in [0.1, 0.15) is 5.69 Å². The lowest BCUT2D eigenvalue weighted by Gasteiger charge is -2.32. The smallest absolute Gasteiger partial charge is 0.268 e. The van der Waals surface area contributed by atoms with Crippen molar-refractivity contribution < 1.29 is 18.7 Å². The van der Waals surface area contributed by atoms with Crippen molar-refractivity contribution in [2.75, 3.05) is 4.31 Å². The number of nitrogens with zero attached hydrogens (tertiary/aromatic N) is 4. The van der Waals surface area contributed by atoms with Crippen LogP contribution in [0.2, 0.25) is 5.02 Å². The third-order valence-corrected chi connectivity index (χ3v) is 8.38. The largest absolute Gasteiger partial charge is 0.390 e. The number of hydrogen-bond acceptors (Lipinski definition) is 6. The summed E-state index contributed by atoms with van der Waals surface area (Å²) in [5.74, 6) is -0.127. The summed E-state index contributed by atoms with van der Waals surface area (Å²) in [5, 5.41) is 10.5. The number of rotatable bonds is 13. The van der Waals surface area contributed by atoms with Crippen molar-refractivity contribution in [3.05, 3.63) is 106 Å². The lowest BCUT2D eigenvalue weighted by Crippen LogP contribution is -2.39. The molecule has 0 spiro atoms. The molecule has 0 aliphatic carbocycles. The van der Waals surface area contributed by atoms with Gasteiger partial charge in [-0.3, -0.25) is 9.35 Å². The zero-order chi connectivity index (χ0) is 30.3. The molecule has 42 heavy (non-hydrogen) atoms. The first-order chi connectivity index (χ1) is 20.0. The number of aromatic nitrogens is 2. The Hall–Kier alpha value is -3.15. The average Bonchev–Trinajstić information content (AvgIpc) is 3.39. The molecule has 4 rings (SSSR count). The van der Waals surface area contributed by atoms with Crippen molar-refractivity contribution in [3.63, 3.8) is 0 Å². The molecule has 4 aromatic rings. The Kier molecular flexibility index (Phi) is 10.9. The molecular formula is C31H35ClN4O4S2. The highest BCUT2D eigenvalue weighted by atomic mass is 35.5. The van der Waals surface area contributed by atoms with E-state index < -0.39 is 16.9 Å². The third kappa shape index (κ3) is 8.45. The number of anilines is 2. The molecule has 0 aliphatic rings. The monoisotopic (exact) mass is 626 g/mol. The van der Waals surface area contributed by atoms with Gasteiger partial charge < -0.3 is 10.0 Å². The molecule has 0 saturated heterocycles. The van der Waals surface area contributed by atoms with Crippen LogP contribution in [0.1, 0.15) is 67.2 Å². The minimum absolute atomic E-state index is 0.164. The maximum Gasteiger partial charge on any atom is 0.268 e. The van der Waals surface area contributed by atoms with E-state index in [4.69, 9.17) is 11.6 Å². The van der Waals surface area contributed by atoms with Crippen LogP contribution in [0.4, 0.5) is 11.5 Å². The average molecular weight is 627 g/mol. The summed E-state index contributed by atoms with van der Waals surface area (Å²) in [7, 11) is 0. The fourth-order valence-electron chi connectivity index (χ4n) is 4.73. The van der Waals surface area contributed by atoms with Gasteiger partial charge in [0.2, 0.25) is 0 Å². The fourth-order valence-corrected chi connectivity index (χ4v) is 6.11. The van der Waals surface area contributed by atoms with Gasteiger partial charge in [0.15, 0.2) is 5.82 Å². The molecule has 8 nitrogen and oxygen atoms in total. The molecule has 0 fully saturated rings. The summed E-state index contributed by atoms with van der Waals surface area (Å²) in [6.07, 6.45) is 2.37. The van der Waals surface area contributed by atoms with Crippen LogP contribution in [0.3, 0.4) is 0 Å². The van der Waals surface area contributed by atoms with E-state index in [1.165, 1.54) is 6.07 Å². The second-order valence-corrected chi connectivity index (χ2v) is 12.6. The van der Waals surface area contributed by atoms with E-state index >= 15 is 0 Å². The van der Waals surface area contributed by atoms with Gasteiger partial charge in [-0.1, -0.05) is 72.3 Å². The predicted octanol–water partition coefficient (Wildman–Crippen LogP) is 7.03. The number of halogens is 1. The van der Waals surface area contributed by atoms with E-state index in [-0.39, 0.29) is 29.0 Å². The highest BCUT2D eigenvalue weighted by Crippen LogP contribution is 2.35. The minimum atomic E-state index is -2.58. The van der Waals surface area contributed by atoms with E-state index in [0.29, 0.717) is 36.5 Å². The summed E-state index contributed by atoms with van der Waals surface area (Å²) in [4.78, 5) is 16.1. The van der Waals surface area contributed by atoms with E-state index in [2.05, 4.69) is 8.75 Å². The molecule has 11 heteroatoms. The summed E-state index contributed by atoms with van der Waals surface area (Å²) < 4.78 is 33.3. The highest BCUT2D eigenvalue weighted by molar-refractivity contribution is 7.81. The standard InChI is InChI=1S/C31H35ClN4O4S2/c1-22(11-10-18-31(2,3)38)35(21-24-14-8-5-9-15-24)30(37)26-17-16-25(32)20-28(26)36(42(39)40)29-27(33-41-34-29)19-23-12-6-4-7-13-23/h4-9,12-17,20,22,38H,10-11,18-19,21H2,1-3H3,(H,39,40). The normalized spacial score (nSPS) is 13.0. The Balaban J connectivity index is 1.73. The molecule has 0 saturated carbocycles. The second-order valence-electron chi connectivity index (χ2n) is 10.9. The van der Waals surface area contributed by atoms with Crippen LogP contribution in [0.25, 0.3) is 0 Å². The van der Waals surface area contributed by atoms with Crippen LogP contribution in [-0.2, 0) is 24.2 Å². The lowest BCUT2D eigenvalue weighted by atomic mass is 9.98. The highest BCUT2D eigenvalue weighted by Gasteiger charge is 2.31. The van der Waals surface area contributed by atoms with Crippen LogP contribution in [0, 0.1) is 0 Å². The molecule has 0 aliphatic heterocycles. The van der Waals surface area contributed by atoms with Crippen LogP contribution in [0.5, 0.6) is 0 Å². The molecule has 2 N–H and O–H groups in total. The van der Waals surface area contributed by atoms with Gasteiger partial charge >= 0.3 is 0 Å². The number of amides is 1. The number of aliphatic hydroxyl groups is 1. The molecule has 1 heterocycles. The first-order valence-corrected chi connectivity index (χ1v) is 15.8. The molecule has 0 radical (unpaired) electrons. The van der Waals surface area contributed by atoms with Crippen molar-refractivity contribution >= 4 is 52.0 Å². The van der Waals surface area contributed by atoms with Crippen LogP contribution >= 0.6 is 23.3 Å². The van der Waals surface area contributed by atoms with Crippen molar-refractivity contribution in [2.24, 2.45) is 0 Å². The topological polar surface area (TPSA) is 107 Å². The molecule has 222 valence electrons. The first kappa shape index (κ1) is 31.8. The number of carbonyl (C=O) groups excluding carboxylic acids is 1. The van der Waals surface area contributed by atoms with E-state index in [9.17, 15) is 18.7 Å².